The van der Waals surface area contributed by atoms with E-state index in [1.54, 1.807) is 0 Å². The van der Waals surface area contributed by atoms with Crippen LogP contribution in [0.25, 0.3) is 0 Å². The molecule has 0 N–H and O–H groups in total. The van der Waals surface area contributed by atoms with Gasteiger partial charge in [0.05, 0.1) is 5.69 Å². The van der Waals surface area contributed by atoms with Crippen molar-refractivity contribution in [1.29, 1.82) is 0 Å². The first kappa shape index (κ1) is 11.6. The van der Waals surface area contributed by atoms with Crippen LogP contribution in [0, 0.1) is 0 Å². The Morgan fingerprint density at radius 1 is 1.22 bits per heavy atom. The van der Waals surface area contributed by atoms with Crippen LogP contribution >= 0.6 is 0 Å². The lowest BCUT2D eigenvalue weighted by atomic mass is 10.1. The lowest BCUT2D eigenvalue weighted by Gasteiger charge is -2.39. The van der Waals surface area contributed by atoms with E-state index < -0.39 is 0 Å². The number of nitrogens with zero attached hydrogens (tertiary/aromatic N) is 2. The van der Waals surface area contributed by atoms with Gasteiger partial charge in [-0.25, -0.2) is 4.79 Å². The molecule has 0 atom stereocenters. The molecule has 1 saturated carbocycles. The van der Waals surface area contributed by atoms with Crippen LogP contribution in [0.5, 0.6) is 0 Å². The molecule has 1 heterocycles. The summed E-state index contributed by atoms with van der Waals surface area (Å²) in [5.41, 5.74) is 2.38. The number of rotatable bonds is 2. The molecule has 96 valence electrons. The van der Waals surface area contributed by atoms with Crippen molar-refractivity contribution in [2.75, 3.05) is 11.4 Å². The average molecular weight is 244 g/mol. The van der Waals surface area contributed by atoms with E-state index in [0.717, 1.165) is 18.8 Å². The molecule has 0 radical (unpaired) electrons. The van der Waals surface area contributed by atoms with E-state index >= 15 is 0 Å². The molecule has 3 heteroatoms. The van der Waals surface area contributed by atoms with Crippen LogP contribution in [0.4, 0.5) is 10.5 Å². The second-order valence-corrected chi connectivity index (χ2v) is 5.22. The van der Waals surface area contributed by atoms with Crippen LogP contribution in [0.2, 0.25) is 0 Å². The normalized spacial score (nSPS) is 20.4. The highest BCUT2D eigenvalue weighted by atomic mass is 16.2. The molecule has 0 spiro atoms. The molecule has 2 amide bonds. The predicted octanol–water partition coefficient (Wildman–Crippen LogP) is 3.39. The lowest BCUT2D eigenvalue weighted by Crippen LogP contribution is -2.50. The van der Waals surface area contributed by atoms with Crippen LogP contribution in [-0.4, -0.2) is 23.5 Å². The Hall–Kier alpha value is -1.51. The van der Waals surface area contributed by atoms with E-state index in [1.807, 2.05) is 17.9 Å². The maximum absolute atomic E-state index is 12.6. The van der Waals surface area contributed by atoms with Crippen LogP contribution in [0.1, 0.15) is 38.2 Å². The molecule has 18 heavy (non-hydrogen) atoms. The van der Waals surface area contributed by atoms with Gasteiger partial charge in [0.2, 0.25) is 0 Å². The molecule has 0 aromatic heterocycles. The summed E-state index contributed by atoms with van der Waals surface area (Å²) in [6.07, 6.45) is 4.88. The smallest absolute Gasteiger partial charge is 0.317 e. The minimum Gasteiger partial charge on any atom is -0.317 e. The molecule has 0 unspecified atom stereocenters. The first-order valence-corrected chi connectivity index (χ1v) is 6.97. The van der Waals surface area contributed by atoms with Crippen molar-refractivity contribution in [2.45, 2.75) is 45.2 Å². The second-order valence-electron chi connectivity index (χ2n) is 5.22. The number of benzene rings is 1. The predicted molar refractivity (Wildman–Crippen MR) is 72.7 cm³/mol. The number of urea groups is 1. The highest BCUT2D eigenvalue weighted by molar-refractivity contribution is 5.95. The summed E-state index contributed by atoms with van der Waals surface area (Å²) >= 11 is 0. The Morgan fingerprint density at radius 3 is 2.67 bits per heavy atom. The van der Waals surface area contributed by atoms with Gasteiger partial charge in [-0.2, -0.15) is 0 Å². The molecule has 0 bridgehead atoms. The molecule has 1 aliphatic heterocycles. The fourth-order valence-corrected chi connectivity index (χ4v) is 3.22. The van der Waals surface area contributed by atoms with Gasteiger partial charge in [-0.15, -0.1) is 0 Å². The minimum atomic E-state index is 0.197. The van der Waals surface area contributed by atoms with Gasteiger partial charge >= 0.3 is 6.03 Å². The summed E-state index contributed by atoms with van der Waals surface area (Å²) in [6.45, 7) is 3.59. The van der Waals surface area contributed by atoms with Crippen molar-refractivity contribution in [2.24, 2.45) is 0 Å². The largest absolute Gasteiger partial charge is 0.325 e. The van der Waals surface area contributed by atoms with E-state index in [4.69, 9.17) is 0 Å². The number of carbonyl (C=O) groups excluding carboxylic acids is 1. The van der Waals surface area contributed by atoms with Crippen molar-refractivity contribution in [1.82, 2.24) is 4.90 Å². The second kappa shape index (κ2) is 4.63. The van der Waals surface area contributed by atoms with E-state index in [9.17, 15) is 4.79 Å². The first-order valence-electron chi connectivity index (χ1n) is 6.97. The molecule has 2 aliphatic rings. The van der Waals surface area contributed by atoms with Gasteiger partial charge in [0.25, 0.3) is 0 Å². The van der Waals surface area contributed by atoms with E-state index in [1.165, 1.54) is 31.2 Å². The summed E-state index contributed by atoms with van der Waals surface area (Å²) in [7, 11) is 0. The van der Waals surface area contributed by atoms with E-state index in [-0.39, 0.29) is 6.03 Å². The zero-order valence-electron chi connectivity index (χ0n) is 10.9. The Bertz CT molecular complexity index is 452. The Balaban J connectivity index is 1.94. The average Bonchev–Trinajstić information content (AvgIpc) is 2.92. The SMILES string of the molecule is CCN1C(=O)N(C2CCCC2)Cc2ccccc21. The third-order valence-corrected chi connectivity index (χ3v) is 4.18. The summed E-state index contributed by atoms with van der Waals surface area (Å²) in [5, 5.41) is 0. The van der Waals surface area contributed by atoms with Crippen molar-refractivity contribution in [3.05, 3.63) is 29.8 Å². The van der Waals surface area contributed by atoms with Crippen LogP contribution in [-0.2, 0) is 6.54 Å². The summed E-state index contributed by atoms with van der Waals surface area (Å²) in [5.74, 6) is 0. The van der Waals surface area contributed by atoms with Crippen LogP contribution < -0.4 is 4.90 Å². The number of fused-ring (bicyclic) bond motifs is 1. The standard InChI is InChI=1S/C15H20N2O/c1-2-16-14-10-6-3-7-12(14)11-17(15(16)18)13-8-4-5-9-13/h3,6-7,10,13H,2,4-5,8-9,11H2,1H3. The molecule has 1 aromatic rings. The summed E-state index contributed by atoms with van der Waals surface area (Å²) < 4.78 is 0. The van der Waals surface area contributed by atoms with Crippen molar-refractivity contribution in [3.8, 4) is 0 Å². The highest BCUT2D eigenvalue weighted by Gasteiger charge is 2.34. The molecular weight excluding hydrogens is 224 g/mol. The third kappa shape index (κ3) is 1.78. The first-order chi connectivity index (χ1) is 8.81. The molecular formula is C15H20N2O. The minimum absolute atomic E-state index is 0.197. The molecule has 3 nitrogen and oxygen atoms in total. The number of para-hydroxylation sites is 1. The monoisotopic (exact) mass is 244 g/mol. The Labute approximate surface area is 108 Å². The Kier molecular flexibility index (Phi) is 2.98. The third-order valence-electron chi connectivity index (χ3n) is 4.18. The molecule has 3 rings (SSSR count). The zero-order chi connectivity index (χ0) is 12.5. The van der Waals surface area contributed by atoms with Crippen molar-refractivity contribution in [3.63, 3.8) is 0 Å². The van der Waals surface area contributed by atoms with Gasteiger partial charge in [0, 0.05) is 19.1 Å². The fraction of sp³-hybridized carbons (Fsp3) is 0.533. The molecule has 0 saturated heterocycles. The number of anilines is 1. The number of carbonyl (C=O) groups is 1. The van der Waals surface area contributed by atoms with E-state index in [2.05, 4.69) is 23.1 Å². The topological polar surface area (TPSA) is 23.6 Å². The van der Waals surface area contributed by atoms with Gasteiger partial charge in [-0.1, -0.05) is 31.0 Å². The maximum atomic E-state index is 12.6. The zero-order valence-corrected chi connectivity index (χ0v) is 10.9. The maximum Gasteiger partial charge on any atom is 0.325 e. The highest BCUT2D eigenvalue weighted by Crippen LogP contribution is 2.33. The van der Waals surface area contributed by atoms with Gasteiger partial charge in [0.15, 0.2) is 0 Å². The summed E-state index contributed by atoms with van der Waals surface area (Å²) in [6, 6.07) is 8.94. The molecule has 1 aliphatic carbocycles. The van der Waals surface area contributed by atoms with Gasteiger partial charge in [-0.3, -0.25) is 4.90 Å². The van der Waals surface area contributed by atoms with Crippen LogP contribution in [0.15, 0.2) is 24.3 Å². The van der Waals surface area contributed by atoms with Crippen LogP contribution in [0.3, 0.4) is 0 Å². The Morgan fingerprint density at radius 2 is 1.94 bits per heavy atom. The fourth-order valence-electron chi connectivity index (χ4n) is 3.22. The quantitative estimate of drug-likeness (QED) is 0.782. The number of amides is 2. The lowest BCUT2D eigenvalue weighted by molar-refractivity contribution is 0.174. The molecule has 1 aromatic carbocycles. The van der Waals surface area contributed by atoms with Gasteiger partial charge in [-0.05, 0) is 31.4 Å². The van der Waals surface area contributed by atoms with Gasteiger partial charge < -0.3 is 4.90 Å². The van der Waals surface area contributed by atoms with E-state index in [0.29, 0.717) is 6.04 Å². The van der Waals surface area contributed by atoms with Crippen molar-refractivity contribution < 1.29 is 4.79 Å². The molecule has 1 fully saturated rings. The number of hydrogen-bond donors (Lipinski definition) is 0. The van der Waals surface area contributed by atoms with Gasteiger partial charge in [0.1, 0.15) is 0 Å². The number of hydrogen-bond acceptors (Lipinski definition) is 1. The summed E-state index contributed by atoms with van der Waals surface area (Å²) in [4.78, 5) is 16.6. The van der Waals surface area contributed by atoms with Crippen molar-refractivity contribution >= 4 is 11.7 Å².